The smallest absolute Gasteiger partial charge is 0.251 e. The zero-order valence-electron chi connectivity index (χ0n) is 11.5. The van der Waals surface area contributed by atoms with Crippen LogP contribution in [-0.4, -0.2) is 35.5 Å². The Balaban J connectivity index is 2.70. The Bertz CT molecular complexity index is 428. The Morgan fingerprint density at radius 2 is 2.26 bits per heavy atom. The molecule has 6 heteroatoms. The van der Waals surface area contributed by atoms with Crippen molar-refractivity contribution < 1.29 is 4.79 Å². The molecule has 0 aromatic carbocycles. The van der Waals surface area contributed by atoms with Gasteiger partial charge < -0.3 is 10.6 Å². The SMILES string of the molecule is CCCNc1cc(C(=O)NCC(C)SC)cc(Cl)n1. The van der Waals surface area contributed by atoms with Gasteiger partial charge in [-0.2, -0.15) is 11.8 Å². The molecule has 1 atom stereocenters. The number of amides is 1. The lowest BCUT2D eigenvalue weighted by Crippen LogP contribution is -2.29. The Hall–Kier alpha value is -0.940. The highest BCUT2D eigenvalue weighted by Gasteiger charge is 2.10. The molecule has 1 aromatic rings. The lowest BCUT2D eigenvalue weighted by Gasteiger charge is -2.11. The number of halogens is 1. The molecule has 1 rings (SSSR count). The molecule has 0 spiro atoms. The van der Waals surface area contributed by atoms with Gasteiger partial charge in [-0.3, -0.25) is 4.79 Å². The Labute approximate surface area is 123 Å². The van der Waals surface area contributed by atoms with Crippen LogP contribution in [0.4, 0.5) is 5.82 Å². The van der Waals surface area contributed by atoms with Crippen molar-refractivity contribution in [1.29, 1.82) is 0 Å². The minimum atomic E-state index is -0.121. The molecular formula is C13H20ClN3OS. The van der Waals surface area contributed by atoms with Gasteiger partial charge in [0.05, 0.1) is 0 Å². The highest BCUT2D eigenvalue weighted by Crippen LogP contribution is 2.15. The van der Waals surface area contributed by atoms with Gasteiger partial charge in [-0.15, -0.1) is 0 Å². The van der Waals surface area contributed by atoms with Crippen molar-refractivity contribution in [2.24, 2.45) is 0 Å². The fourth-order valence-corrected chi connectivity index (χ4v) is 1.85. The van der Waals surface area contributed by atoms with Crippen molar-refractivity contribution in [2.45, 2.75) is 25.5 Å². The first-order chi connectivity index (χ1) is 9.06. The summed E-state index contributed by atoms with van der Waals surface area (Å²) in [4.78, 5) is 16.1. The summed E-state index contributed by atoms with van der Waals surface area (Å²) in [6.45, 7) is 5.57. The van der Waals surface area contributed by atoms with E-state index >= 15 is 0 Å². The summed E-state index contributed by atoms with van der Waals surface area (Å²) in [7, 11) is 0. The monoisotopic (exact) mass is 301 g/mol. The lowest BCUT2D eigenvalue weighted by molar-refractivity contribution is 0.0954. The molecule has 0 saturated carbocycles. The summed E-state index contributed by atoms with van der Waals surface area (Å²) in [5.74, 6) is 0.516. The molecule has 19 heavy (non-hydrogen) atoms. The van der Waals surface area contributed by atoms with E-state index in [1.54, 1.807) is 23.9 Å². The molecule has 0 fully saturated rings. The summed E-state index contributed by atoms with van der Waals surface area (Å²) >= 11 is 7.64. The van der Waals surface area contributed by atoms with Crippen molar-refractivity contribution in [3.63, 3.8) is 0 Å². The van der Waals surface area contributed by atoms with E-state index in [9.17, 15) is 4.79 Å². The van der Waals surface area contributed by atoms with Gasteiger partial charge in [-0.05, 0) is 24.8 Å². The second-order valence-corrected chi connectivity index (χ2v) is 5.91. The van der Waals surface area contributed by atoms with Gasteiger partial charge in [0.15, 0.2) is 0 Å². The number of hydrogen-bond acceptors (Lipinski definition) is 4. The maximum Gasteiger partial charge on any atom is 0.251 e. The third-order valence-electron chi connectivity index (χ3n) is 2.56. The molecule has 1 aromatic heterocycles. The highest BCUT2D eigenvalue weighted by molar-refractivity contribution is 7.99. The van der Waals surface area contributed by atoms with Crippen LogP contribution in [0.5, 0.6) is 0 Å². The number of nitrogens with one attached hydrogen (secondary N) is 2. The molecule has 0 aliphatic carbocycles. The summed E-state index contributed by atoms with van der Waals surface area (Å²) in [5.41, 5.74) is 0.534. The molecule has 0 aliphatic heterocycles. The van der Waals surface area contributed by atoms with E-state index in [1.165, 1.54) is 0 Å². The predicted octanol–water partition coefficient (Wildman–Crippen LogP) is 3.04. The van der Waals surface area contributed by atoms with Crippen molar-refractivity contribution in [3.8, 4) is 0 Å². The molecule has 1 unspecified atom stereocenters. The molecule has 1 heterocycles. The number of anilines is 1. The van der Waals surface area contributed by atoms with Crippen molar-refractivity contribution in [1.82, 2.24) is 10.3 Å². The predicted molar refractivity (Wildman–Crippen MR) is 83.3 cm³/mol. The third kappa shape index (κ3) is 5.70. The van der Waals surface area contributed by atoms with E-state index < -0.39 is 0 Å². The van der Waals surface area contributed by atoms with Gasteiger partial charge in [0, 0.05) is 23.9 Å². The Morgan fingerprint density at radius 1 is 1.53 bits per heavy atom. The summed E-state index contributed by atoms with van der Waals surface area (Å²) in [6.07, 6.45) is 3.01. The van der Waals surface area contributed by atoms with Crippen LogP contribution in [0.25, 0.3) is 0 Å². The molecule has 4 nitrogen and oxygen atoms in total. The first-order valence-corrected chi connectivity index (χ1v) is 7.95. The normalized spacial score (nSPS) is 12.0. The standard InChI is InChI=1S/C13H20ClN3OS/c1-4-5-15-12-7-10(6-11(14)17-12)13(18)16-8-9(2)19-3/h6-7,9H,4-5,8H2,1-3H3,(H,15,17)(H,16,18). The second-order valence-electron chi connectivity index (χ2n) is 4.25. The van der Waals surface area contributed by atoms with Crippen molar-refractivity contribution >= 4 is 35.1 Å². The molecule has 2 N–H and O–H groups in total. The number of nitrogens with zero attached hydrogens (tertiary/aromatic N) is 1. The lowest BCUT2D eigenvalue weighted by atomic mass is 10.2. The average Bonchev–Trinajstić information content (AvgIpc) is 2.41. The zero-order chi connectivity index (χ0) is 14.3. The summed E-state index contributed by atoms with van der Waals surface area (Å²) in [6, 6.07) is 3.30. The number of pyridine rings is 1. The van der Waals surface area contributed by atoms with Crippen LogP contribution in [0.15, 0.2) is 12.1 Å². The first-order valence-electron chi connectivity index (χ1n) is 6.29. The van der Waals surface area contributed by atoms with Gasteiger partial charge in [-0.25, -0.2) is 4.98 Å². The van der Waals surface area contributed by atoms with Crippen LogP contribution >= 0.6 is 23.4 Å². The Kier molecular flexibility index (Phi) is 7.02. The average molecular weight is 302 g/mol. The quantitative estimate of drug-likeness (QED) is 0.760. The van der Waals surface area contributed by atoms with Crippen LogP contribution in [0, 0.1) is 0 Å². The fourth-order valence-electron chi connectivity index (χ4n) is 1.39. The van der Waals surface area contributed by atoms with E-state index in [4.69, 9.17) is 11.6 Å². The van der Waals surface area contributed by atoms with E-state index in [0.29, 0.717) is 28.3 Å². The Morgan fingerprint density at radius 3 is 2.89 bits per heavy atom. The number of aromatic nitrogens is 1. The third-order valence-corrected chi connectivity index (χ3v) is 3.73. The molecule has 0 saturated heterocycles. The maximum absolute atomic E-state index is 12.0. The summed E-state index contributed by atoms with van der Waals surface area (Å²) < 4.78 is 0. The van der Waals surface area contributed by atoms with Crippen LogP contribution in [0.2, 0.25) is 5.15 Å². The molecule has 0 aliphatic rings. The number of carbonyl (C=O) groups excluding carboxylic acids is 1. The van der Waals surface area contributed by atoms with Crippen LogP contribution < -0.4 is 10.6 Å². The van der Waals surface area contributed by atoms with Gasteiger partial charge in [0.2, 0.25) is 0 Å². The van der Waals surface area contributed by atoms with Crippen LogP contribution in [0.1, 0.15) is 30.6 Å². The molecule has 0 bridgehead atoms. The first kappa shape index (κ1) is 16.1. The topological polar surface area (TPSA) is 54.0 Å². The van der Waals surface area contributed by atoms with E-state index in [0.717, 1.165) is 13.0 Å². The largest absolute Gasteiger partial charge is 0.370 e. The van der Waals surface area contributed by atoms with Gasteiger partial charge in [-0.1, -0.05) is 25.4 Å². The molecule has 0 radical (unpaired) electrons. The fraction of sp³-hybridized carbons (Fsp3) is 0.538. The minimum absolute atomic E-state index is 0.121. The zero-order valence-corrected chi connectivity index (χ0v) is 13.1. The number of thioether (sulfide) groups is 1. The van der Waals surface area contributed by atoms with Crippen molar-refractivity contribution in [3.05, 3.63) is 22.8 Å². The van der Waals surface area contributed by atoms with Crippen LogP contribution in [0.3, 0.4) is 0 Å². The number of hydrogen-bond donors (Lipinski definition) is 2. The molecule has 106 valence electrons. The minimum Gasteiger partial charge on any atom is -0.370 e. The van der Waals surface area contributed by atoms with Crippen LogP contribution in [-0.2, 0) is 0 Å². The summed E-state index contributed by atoms with van der Waals surface area (Å²) in [5, 5.41) is 6.72. The maximum atomic E-state index is 12.0. The van der Waals surface area contributed by atoms with Crippen molar-refractivity contribution in [2.75, 3.05) is 24.7 Å². The van der Waals surface area contributed by atoms with E-state index in [1.807, 2.05) is 6.26 Å². The van der Waals surface area contributed by atoms with E-state index in [2.05, 4.69) is 29.5 Å². The molecular weight excluding hydrogens is 282 g/mol. The van der Waals surface area contributed by atoms with Gasteiger partial charge >= 0.3 is 0 Å². The van der Waals surface area contributed by atoms with E-state index in [-0.39, 0.29) is 5.91 Å². The van der Waals surface area contributed by atoms with Gasteiger partial charge in [0.1, 0.15) is 11.0 Å². The number of carbonyl (C=O) groups is 1. The highest BCUT2D eigenvalue weighted by atomic mass is 35.5. The second kappa shape index (κ2) is 8.27. The number of rotatable bonds is 7. The van der Waals surface area contributed by atoms with Gasteiger partial charge in [0.25, 0.3) is 5.91 Å². The molecule has 1 amide bonds.